The lowest BCUT2D eigenvalue weighted by molar-refractivity contribution is -0.139. The average molecular weight is 286 g/mol. The van der Waals surface area contributed by atoms with E-state index < -0.39 is 12.6 Å². The number of ether oxygens (including phenoxy) is 2. The van der Waals surface area contributed by atoms with Crippen molar-refractivity contribution in [1.29, 1.82) is 0 Å². The van der Waals surface area contributed by atoms with E-state index in [-0.39, 0.29) is 11.5 Å². The molecule has 2 aromatic carbocycles. The zero-order valence-corrected chi connectivity index (χ0v) is 11.4. The van der Waals surface area contributed by atoms with Crippen LogP contribution in [0, 0.1) is 0 Å². The van der Waals surface area contributed by atoms with E-state index in [0.29, 0.717) is 16.9 Å². The summed E-state index contributed by atoms with van der Waals surface area (Å²) in [7, 11) is 1.55. The lowest BCUT2D eigenvalue weighted by atomic mass is 10.0. The molecule has 0 saturated carbocycles. The number of carboxylic acids is 1. The molecule has 0 fully saturated rings. The van der Waals surface area contributed by atoms with E-state index in [4.69, 9.17) is 14.6 Å². The van der Waals surface area contributed by atoms with Crippen molar-refractivity contribution in [2.45, 2.75) is 0 Å². The van der Waals surface area contributed by atoms with E-state index in [2.05, 4.69) is 0 Å². The Kier molecular flexibility index (Phi) is 4.56. The van der Waals surface area contributed by atoms with Gasteiger partial charge in [0.15, 0.2) is 12.4 Å². The molecule has 5 nitrogen and oxygen atoms in total. The van der Waals surface area contributed by atoms with Crippen LogP contribution in [0.4, 0.5) is 0 Å². The largest absolute Gasteiger partial charge is 0.497 e. The average Bonchev–Trinajstić information content (AvgIpc) is 2.52. The number of para-hydroxylation sites is 1. The molecule has 0 bridgehead atoms. The lowest BCUT2D eigenvalue weighted by Gasteiger charge is -2.09. The van der Waals surface area contributed by atoms with Crippen LogP contribution in [0.1, 0.15) is 15.9 Å². The highest BCUT2D eigenvalue weighted by atomic mass is 16.5. The monoisotopic (exact) mass is 286 g/mol. The number of rotatable bonds is 6. The standard InChI is InChI=1S/C16H14O5/c1-20-12-8-6-11(7-9-12)16(19)13-4-2-3-5-14(13)21-10-15(17)18/h2-9H,10H2,1H3,(H,17,18). The number of ketones is 1. The maximum atomic E-state index is 12.4. The zero-order valence-electron chi connectivity index (χ0n) is 11.4. The molecule has 0 atom stereocenters. The number of carboxylic acid groups (broad SMARTS) is 1. The van der Waals surface area contributed by atoms with Gasteiger partial charge < -0.3 is 14.6 Å². The summed E-state index contributed by atoms with van der Waals surface area (Å²) in [5.41, 5.74) is 0.797. The Morgan fingerprint density at radius 2 is 1.71 bits per heavy atom. The van der Waals surface area contributed by atoms with E-state index in [1.54, 1.807) is 55.6 Å². The van der Waals surface area contributed by atoms with Gasteiger partial charge in [-0.3, -0.25) is 4.79 Å². The van der Waals surface area contributed by atoms with Crippen LogP contribution in [-0.4, -0.2) is 30.6 Å². The van der Waals surface area contributed by atoms with Gasteiger partial charge in [0.1, 0.15) is 11.5 Å². The molecule has 108 valence electrons. The number of carbonyl (C=O) groups excluding carboxylic acids is 1. The molecule has 0 amide bonds. The molecule has 5 heteroatoms. The first kappa shape index (κ1) is 14.6. The highest BCUT2D eigenvalue weighted by Gasteiger charge is 2.15. The van der Waals surface area contributed by atoms with Gasteiger partial charge in [0.2, 0.25) is 0 Å². The third-order valence-electron chi connectivity index (χ3n) is 2.84. The second kappa shape index (κ2) is 6.56. The Hall–Kier alpha value is -2.82. The van der Waals surface area contributed by atoms with Crippen molar-refractivity contribution < 1.29 is 24.2 Å². The quantitative estimate of drug-likeness (QED) is 0.825. The summed E-state index contributed by atoms with van der Waals surface area (Å²) in [4.78, 5) is 23.0. The van der Waals surface area contributed by atoms with Crippen LogP contribution in [0.5, 0.6) is 11.5 Å². The number of hydrogen-bond donors (Lipinski definition) is 1. The fraction of sp³-hybridized carbons (Fsp3) is 0.125. The van der Waals surface area contributed by atoms with Gasteiger partial charge in [0.05, 0.1) is 12.7 Å². The molecule has 0 unspecified atom stereocenters. The third kappa shape index (κ3) is 3.60. The molecule has 1 N–H and O–H groups in total. The predicted molar refractivity (Wildman–Crippen MR) is 76.0 cm³/mol. The molecule has 0 heterocycles. The van der Waals surface area contributed by atoms with Crippen molar-refractivity contribution in [3.8, 4) is 11.5 Å². The topological polar surface area (TPSA) is 72.8 Å². The second-order valence-corrected chi connectivity index (χ2v) is 4.24. The molecule has 0 aliphatic rings. The number of hydrogen-bond acceptors (Lipinski definition) is 4. The van der Waals surface area contributed by atoms with Crippen LogP contribution in [-0.2, 0) is 4.79 Å². The molecule has 0 radical (unpaired) electrons. The van der Waals surface area contributed by atoms with Gasteiger partial charge in [-0.1, -0.05) is 12.1 Å². The summed E-state index contributed by atoms with van der Waals surface area (Å²) < 4.78 is 10.2. The zero-order chi connectivity index (χ0) is 15.2. The second-order valence-electron chi connectivity index (χ2n) is 4.24. The van der Waals surface area contributed by atoms with Crippen LogP contribution >= 0.6 is 0 Å². The van der Waals surface area contributed by atoms with Crippen LogP contribution in [0.15, 0.2) is 48.5 Å². The van der Waals surface area contributed by atoms with Gasteiger partial charge in [-0.2, -0.15) is 0 Å². The molecule has 21 heavy (non-hydrogen) atoms. The first-order chi connectivity index (χ1) is 10.1. The summed E-state index contributed by atoms with van der Waals surface area (Å²) in [6.45, 7) is -0.493. The lowest BCUT2D eigenvalue weighted by Crippen LogP contribution is -2.12. The number of aliphatic carboxylic acids is 1. The van der Waals surface area contributed by atoms with E-state index in [1.165, 1.54) is 0 Å². The van der Waals surface area contributed by atoms with Crippen molar-refractivity contribution >= 4 is 11.8 Å². The Balaban J connectivity index is 2.27. The molecule has 0 aromatic heterocycles. The highest BCUT2D eigenvalue weighted by molar-refractivity contribution is 6.10. The molecular weight excluding hydrogens is 272 g/mol. The molecule has 0 aliphatic heterocycles. The summed E-state index contributed by atoms with van der Waals surface area (Å²) >= 11 is 0. The smallest absolute Gasteiger partial charge is 0.341 e. The molecule has 0 spiro atoms. The van der Waals surface area contributed by atoms with Crippen molar-refractivity contribution in [2.24, 2.45) is 0 Å². The fourth-order valence-corrected chi connectivity index (χ4v) is 1.82. The van der Waals surface area contributed by atoms with Crippen molar-refractivity contribution in [3.63, 3.8) is 0 Å². The Labute approximate surface area is 121 Å². The summed E-state index contributed by atoms with van der Waals surface area (Å²) in [5, 5.41) is 8.66. The van der Waals surface area contributed by atoms with E-state index in [9.17, 15) is 9.59 Å². The van der Waals surface area contributed by atoms with Crippen molar-refractivity contribution in [3.05, 3.63) is 59.7 Å². The fourth-order valence-electron chi connectivity index (χ4n) is 1.82. The molecule has 0 saturated heterocycles. The van der Waals surface area contributed by atoms with E-state index in [1.807, 2.05) is 0 Å². The molecule has 2 rings (SSSR count). The highest BCUT2D eigenvalue weighted by Crippen LogP contribution is 2.22. The van der Waals surface area contributed by atoms with Crippen LogP contribution in [0.2, 0.25) is 0 Å². The van der Waals surface area contributed by atoms with E-state index >= 15 is 0 Å². The maximum absolute atomic E-state index is 12.4. The van der Waals surface area contributed by atoms with Crippen molar-refractivity contribution in [2.75, 3.05) is 13.7 Å². The Morgan fingerprint density at radius 1 is 1.05 bits per heavy atom. The SMILES string of the molecule is COc1ccc(C(=O)c2ccccc2OCC(=O)O)cc1. The van der Waals surface area contributed by atoms with Gasteiger partial charge in [-0.15, -0.1) is 0 Å². The molecule has 0 aliphatic carbocycles. The first-order valence-corrected chi connectivity index (χ1v) is 6.24. The van der Waals surface area contributed by atoms with Crippen LogP contribution in [0.3, 0.4) is 0 Å². The normalized spacial score (nSPS) is 9.95. The summed E-state index contributed by atoms with van der Waals surface area (Å²) in [6, 6.07) is 13.2. The van der Waals surface area contributed by atoms with Gasteiger partial charge in [0.25, 0.3) is 0 Å². The predicted octanol–water partition coefficient (Wildman–Crippen LogP) is 2.39. The first-order valence-electron chi connectivity index (χ1n) is 6.24. The molecule has 2 aromatic rings. The molecular formula is C16H14O5. The van der Waals surface area contributed by atoms with Gasteiger partial charge >= 0.3 is 5.97 Å². The van der Waals surface area contributed by atoms with Crippen LogP contribution < -0.4 is 9.47 Å². The number of carbonyl (C=O) groups is 2. The minimum Gasteiger partial charge on any atom is -0.497 e. The number of benzene rings is 2. The summed E-state index contributed by atoms with van der Waals surface area (Å²) in [6.07, 6.45) is 0. The minimum atomic E-state index is -1.10. The van der Waals surface area contributed by atoms with E-state index in [0.717, 1.165) is 0 Å². The van der Waals surface area contributed by atoms with Gasteiger partial charge in [-0.25, -0.2) is 4.79 Å². The minimum absolute atomic E-state index is 0.237. The number of methoxy groups -OCH3 is 1. The summed E-state index contributed by atoms with van der Waals surface area (Å²) in [5.74, 6) is -0.428. The van der Waals surface area contributed by atoms with Crippen molar-refractivity contribution in [1.82, 2.24) is 0 Å². The Bertz CT molecular complexity index is 646. The van der Waals surface area contributed by atoms with Gasteiger partial charge in [0, 0.05) is 5.56 Å². The third-order valence-corrected chi connectivity index (χ3v) is 2.84. The van der Waals surface area contributed by atoms with Crippen LogP contribution in [0.25, 0.3) is 0 Å². The van der Waals surface area contributed by atoms with Gasteiger partial charge in [-0.05, 0) is 36.4 Å². The maximum Gasteiger partial charge on any atom is 0.341 e. The Morgan fingerprint density at radius 3 is 2.33 bits per heavy atom.